The zero-order chi connectivity index (χ0) is 4.12. The van der Waals surface area contributed by atoms with Gasteiger partial charge in [-0.15, -0.1) is 9.10 Å². The van der Waals surface area contributed by atoms with Gasteiger partial charge in [-0.1, -0.05) is 13.8 Å². The van der Waals surface area contributed by atoms with Gasteiger partial charge in [-0.05, 0) is 0 Å². The van der Waals surface area contributed by atoms with E-state index in [9.17, 15) is 0 Å². The highest BCUT2D eigenvalue weighted by Gasteiger charge is 1.79. The molecule has 0 fully saturated rings. The summed E-state index contributed by atoms with van der Waals surface area (Å²) in [4.78, 5) is 0. The van der Waals surface area contributed by atoms with Crippen molar-refractivity contribution < 1.29 is 0 Å². The first-order chi connectivity index (χ1) is 2.41. The minimum absolute atomic E-state index is 0.432. The summed E-state index contributed by atoms with van der Waals surface area (Å²) in [5.74, 6) is 0. The lowest BCUT2D eigenvalue weighted by Crippen LogP contribution is -1.76. The minimum atomic E-state index is 0.432. The first-order valence-electron chi connectivity index (χ1n) is 2.41. The fourth-order valence-corrected chi connectivity index (χ4v) is 1.06. The van der Waals surface area contributed by atoms with Gasteiger partial charge < -0.3 is 0 Å². The SMILES string of the molecule is C[CH2][Mg][CH2]C. The molecule has 0 radical (unpaired) electrons. The van der Waals surface area contributed by atoms with Crippen LogP contribution in [0.25, 0.3) is 0 Å². The second-order valence-corrected chi connectivity index (χ2v) is 4.06. The van der Waals surface area contributed by atoms with E-state index in [0.717, 1.165) is 0 Å². The molecule has 0 N–H and O–H groups in total. The van der Waals surface area contributed by atoms with Gasteiger partial charge in [-0.2, -0.15) is 0 Å². The van der Waals surface area contributed by atoms with Gasteiger partial charge in [0.2, 0.25) is 0 Å². The summed E-state index contributed by atoms with van der Waals surface area (Å²) in [5.41, 5.74) is 0. The van der Waals surface area contributed by atoms with Crippen molar-refractivity contribution in [2.75, 3.05) is 0 Å². The van der Waals surface area contributed by atoms with Gasteiger partial charge in [0.15, 0.2) is 0 Å². The highest BCUT2D eigenvalue weighted by molar-refractivity contribution is 6.34. The molecule has 0 aliphatic carbocycles. The Morgan fingerprint density at radius 1 is 1.20 bits per heavy atom. The quantitative estimate of drug-likeness (QED) is 0.444. The molecule has 0 spiro atoms. The molecule has 0 aromatic heterocycles. The Kier molecular flexibility index (Phi) is 5.50. The fourth-order valence-electron chi connectivity index (χ4n) is 0.354. The Hall–Kier alpha value is 0.766. The number of hydrogen-bond acceptors (Lipinski definition) is 0. The average molecular weight is 82.4 g/mol. The lowest BCUT2D eigenvalue weighted by Gasteiger charge is -1.72. The van der Waals surface area contributed by atoms with Gasteiger partial charge in [-0.25, -0.2) is 0 Å². The van der Waals surface area contributed by atoms with Gasteiger partial charge in [0.1, 0.15) is 0 Å². The van der Waals surface area contributed by atoms with Crippen LogP contribution in [0.3, 0.4) is 0 Å². The Morgan fingerprint density at radius 3 is 1.60 bits per heavy atom. The van der Waals surface area contributed by atoms with E-state index in [2.05, 4.69) is 13.8 Å². The van der Waals surface area contributed by atoms with Crippen LogP contribution in [0, 0.1) is 0 Å². The maximum Gasteiger partial charge on any atom is 0.363 e. The van der Waals surface area contributed by atoms with E-state index in [1.807, 2.05) is 0 Å². The fraction of sp³-hybridized carbons (Fsp3) is 1.00. The van der Waals surface area contributed by atoms with Crippen LogP contribution in [0.2, 0.25) is 9.10 Å². The Morgan fingerprint density at radius 2 is 1.60 bits per heavy atom. The molecule has 0 amide bonds. The lowest BCUT2D eigenvalue weighted by atomic mass is 10.9. The van der Waals surface area contributed by atoms with E-state index in [-0.39, 0.29) is 0 Å². The van der Waals surface area contributed by atoms with Crippen molar-refractivity contribution in [2.45, 2.75) is 22.9 Å². The van der Waals surface area contributed by atoms with Crippen LogP contribution >= 0.6 is 0 Å². The second-order valence-electron chi connectivity index (χ2n) is 1.35. The van der Waals surface area contributed by atoms with E-state index in [4.69, 9.17) is 0 Å². The average Bonchev–Trinajstić information content (AvgIpc) is 1.41. The maximum absolute atomic E-state index is 2.27. The normalized spacial score (nSPS) is 6.80. The van der Waals surface area contributed by atoms with Crippen molar-refractivity contribution in [1.82, 2.24) is 0 Å². The van der Waals surface area contributed by atoms with Crippen molar-refractivity contribution in [3.05, 3.63) is 0 Å². The summed E-state index contributed by atoms with van der Waals surface area (Å²) >= 11 is 0.432. The maximum atomic E-state index is 2.27. The third-order valence-electron chi connectivity index (χ3n) is 0.707. The zero-order valence-electron chi connectivity index (χ0n) is 4.12. The van der Waals surface area contributed by atoms with Crippen LogP contribution in [0.5, 0.6) is 0 Å². The third-order valence-corrected chi connectivity index (χ3v) is 2.12. The molecule has 0 atom stereocenters. The number of hydrogen-bond donors (Lipinski definition) is 0. The van der Waals surface area contributed by atoms with E-state index in [1.165, 1.54) is 9.10 Å². The van der Waals surface area contributed by atoms with Crippen LogP contribution < -0.4 is 0 Å². The van der Waals surface area contributed by atoms with Crippen molar-refractivity contribution >= 4 is 20.4 Å². The van der Waals surface area contributed by atoms with Crippen molar-refractivity contribution in [1.29, 1.82) is 0 Å². The van der Waals surface area contributed by atoms with E-state index >= 15 is 0 Å². The number of rotatable bonds is 2. The largest absolute Gasteiger partial charge is 0.363 e. The molecule has 0 aliphatic rings. The monoisotopic (exact) mass is 82.1 g/mol. The molecule has 0 saturated heterocycles. The highest BCUT2D eigenvalue weighted by Crippen LogP contribution is 1.77. The molecule has 0 nitrogen and oxygen atoms in total. The Bertz CT molecular complexity index is 11.1. The Balaban J connectivity index is 2.19. The summed E-state index contributed by atoms with van der Waals surface area (Å²) in [6.45, 7) is 4.55. The predicted octanol–water partition coefficient (Wildman–Crippen LogP) is 1.57. The minimum Gasteiger partial charge on any atom is -0.149 e. The molecular formula is C4H10Mg. The zero-order valence-corrected chi connectivity index (χ0v) is 5.54. The van der Waals surface area contributed by atoms with Crippen molar-refractivity contribution in [3.63, 3.8) is 0 Å². The molecule has 28 valence electrons. The van der Waals surface area contributed by atoms with Crippen LogP contribution in [-0.2, 0) is 0 Å². The summed E-state index contributed by atoms with van der Waals surface area (Å²) in [7, 11) is 0. The molecule has 0 unspecified atom stereocenters. The first kappa shape index (κ1) is 5.77. The first-order valence-corrected chi connectivity index (χ1v) is 4.41. The third kappa shape index (κ3) is 4.77. The molecule has 0 aromatic carbocycles. The van der Waals surface area contributed by atoms with Gasteiger partial charge in [-0.3, -0.25) is 0 Å². The molecule has 0 saturated carbocycles. The molecule has 0 aliphatic heterocycles. The molecular weight excluding hydrogens is 72.3 g/mol. The predicted molar refractivity (Wildman–Crippen MR) is 26.7 cm³/mol. The van der Waals surface area contributed by atoms with Gasteiger partial charge in [0, 0.05) is 0 Å². The molecule has 0 rings (SSSR count). The van der Waals surface area contributed by atoms with E-state index in [0.29, 0.717) is 20.4 Å². The Labute approximate surface area is 43.7 Å². The van der Waals surface area contributed by atoms with Crippen molar-refractivity contribution in [3.8, 4) is 0 Å². The van der Waals surface area contributed by atoms with Crippen molar-refractivity contribution in [2.24, 2.45) is 0 Å². The van der Waals surface area contributed by atoms with Crippen LogP contribution in [0.4, 0.5) is 0 Å². The van der Waals surface area contributed by atoms with Gasteiger partial charge in [0.05, 0.1) is 0 Å². The van der Waals surface area contributed by atoms with Crippen LogP contribution in [0.1, 0.15) is 13.8 Å². The molecule has 1 heteroatoms. The highest BCUT2D eigenvalue weighted by atomic mass is 24.5. The summed E-state index contributed by atoms with van der Waals surface area (Å²) in [6, 6.07) is 0. The lowest BCUT2D eigenvalue weighted by molar-refractivity contribution is 1.36. The van der Waals surface area contributed by atoms with E-state index in [1.54, 1.807) is 0 Å². The molecule has 0 bridgehead atoms. The van der Waals surface area contributed by atoms with Gasteiger partial charge >= 0.3 is 20.4 Å². The van der Waals surface area contributed by atoms with Crippen LogP contribution in [-0.4, -0.2) is 20.4 Å². The smallest absolute Gasteiger partial charge is 0.149 e. The topological polar surface area (TPSA) is 0 Å². The standard InChI is InChI=1S/2C2H5.Mg/c2*1-2;/h2*1H2,2H3;. The summed E-state index contributed by atoms with van der Waals surface area (Å²) in [6.07, 6.45) is 0. The van der Waals surface area contributed by atoms with E-state index < -0.39 is 0 Å². The molecule has 0 heterocycles. The van der Waals surface area contributed by atoms with Crippen LogP contribution in [0.15, 0.2) is 0 Å². The van der Waals surface area contributed by atoms with Gasteiger partial charge in [0.25, 0.3) is 0 Å². The second kappa shape index (κ2) is 4.77. The summed E-state index contributed by atoms with van der Waals surface area (Å²) < 4.78 is 2.97. The summed E-state index contributed by atoms with van der Waals surface area (Å²) in [5, 5.41) is 0. The molecule has 0 aromatic rings. The molecule has 5 heavy (non-hydrogen) atoms.